The van der Waals surface area contributed by atoms with Gasteiger partial charge in [-0.1, -0.05) is 6.07 Å². The van der Waals surface area contributed by atoms with Gasteiger partial charge in [-0.05, 0) is 11.4 Å². The fourth-order valence-electron chi connectivity index (χ4n) is 1.88. The molecule has 4 nitrogen and oxygen atoms in total. The second kappa shape index (κ2) is 6.10. The maximum Gasteiger partial charge on any atom is 0.0794 e. The highest BCUT2D eigenvalue weighted by molar-refractivity contribution is 7.13. The maximum atomic E-state index is 4.27. The summed E-state index contributed by atoms with van der Waals surface area (Å²) >= 11 is 3.37. The van der Waals surface area contributed by atoms with E-state index in [-0.39, 0.29) is 0 Å². The van der Waals surface area contributed by atoms with Gasteiger partial charge in [-0.3, -0.25) is 5.10 Å². The fourth-order valence-corrected chi connectivity index (χ4v) is 3.23. The summed E-state index contributed by atoms with van der Waals surface area (Å²) in [6, 6.07) is 4.16. The Morgan fingerprint density at radius 1 is 1.37 bits per heavy atom. The summed E-state index contributed by atoms with van der Waals surface area (Å²) in [6.07, 6.45) is 2.86. The largest absolute Gasteiger partial charge is 0.312 e. The Hall–Kier alpha value is -1.50. The lowest BCUT2D eigenvalue weighted by Gasteiger charge is -2.03. The van der Waals surface area contributed by atoms with E-state index < -0.39 is 0 Å². The molecule has 0 amide bonds. The smallest absolute Gasteiger partial charge is 0.0794 e. The lowest BCUT2D eigenvalue weighted by molar-refractivity contribution is 0.682. The summed E-state index contributed by atoms with van der Waals surface area (Å²) in [6.45, 7) is 1.76. The monoisotopic (exact) mass is 290 g/mol. The predicted molar refractivity (Wildman–Crippen MR) is 79.4 cm³/mol. The molecule has 98 valence electrons. The zero-order valence-corrected chi connectivity index (χ0v) is 11.9. The number of H-pyrrole nitrogens is 1. The highest BCUT2D eigenvalue weighted by atomic mass is 32.1. The first-order valence-corrected chi connectivity index (χ1v) is 7.89. The number of aromatic nitrogens is 3. The van der Waals surface area contributed by atoms with E-state index in [1.54, 1.807) is 22.7 Å². The van der Waals surface area contributed by atoms with Crippen molar-refractivity contribution < 1.29 is 0 Å². The molecule has 6 heteroatoms. The highest BCUT2D eigenvalue weighted by Crippen LogP contribution is 2.25. The Balaban J connectivity index is 1.55. The average molecular weight is 290 g/mol. The first-order valence-electron chi connectivity index (χ1n) is 6.07. The van der Waals surface area contributed by atoms with Crippen LogP contribution in [0.4, 0.5) is 0 Å². The molecule has 0 radical (unpaired) electrons. The van der Waals surface area contributed by atoms with Gasteiger partial charge in [0.1, 0.15) is 0 Å². The van der Waals surface area contributed by atoms with E-state index in [1.807, 2.05) is 11.7 Å². The molecule has 0 unspecified atom stereocenters. The first kappa shape index (κ1) is 12.5. The molecule has 3 rings (SSSR count). The molecule has 0 atom stereocenters. The third-order valence-corrected chi connectivity index (χ3v) is 4.36. The second-order valence-corrected chi connectivity index (χ2v) is 5.82. The van der Waals surface area contributed by atoms with E-state index in [2.05, 4.69) is 43.4 Å². The molecule has 2 N–H and O–H groups in total. The third kappa shape index (κ3) is 3.09. The van der Waals surface area contributed by atoms with E-state index in [1.165, 1.54) is 10.4 Å². The van der Waals surface area contributed by atoms with Crippen molar-refractivity contribution in [3.63, 3.8) is 0 Å². The maximum absolute atomic E-state index is 4.27. The number of aromatic amines is 1. The molecule has 0 aliphatic carbocycles. The lowest BCUT2D eigenvalue weighted by Crippen LogP contribution is -2.16. The van der Waals surface area contributed by atoms with Gasteiger partial charge in [-0.2, -0.15) is 5.10 Å². The van der Waals surface area contributed by atoms with Crippen LogP contribution in [-0.4, -0.2) is 21.7 Å². The minimum Gasteiger partial charge on any atom is -0.312 e. The van der Waals surface area contributed by atoms with Crippen LogP contribution in [0, 0.1) is 0 Å². The molecule has 0 saturated heterocycles. The number of rotatable bonds is 6. The first-order chi connectivity index (χ1) is 9.43. The van der Waals surface area contributed by atoms with Gasteiger partial charge in [0.25, 0.3) is 0 Å². The van der Waals surface area contributed by atoms with Gasteiger partial charge in [0.2, 0.25) is 0 Å². The van der Waals surface area contributed by atoms with Gasteiger partial charge in [-0.15, -0.1) is 22.7 Å². The number of nitrogens with one attached hydrogen (secondary N) is 2. The molecule has 3 aromatic rings. The van der Waals surface area contributed by atoms with Crippen LogP contribution in [0.3, 0.4) is 0 Å². The summed E-state index contributed by atoms with van der Waals surface area (Å²) in [5, 5.41) is 14.8. The molecule has 0 aliphatic rings. The third-order valence-electron chi connectivity index (χ3n) is 2.84. The molecular formula is C13H14N4S2. The van der Waals surface area contributed by atoms with Crippen molar-refractivity contribution in [1.29, 1.82) is 0 Å². The van der Waals surface area contributed by atoms with Crippen LogP contribution in [-0.2, 0) is 13.0 Å². The van der Waals surface area contributed by atoms with Crippen LogP contribution in [0.15, 0.2) is 34.6 Å². The molecule has 0 spiro atoms. The number of thiazole rings is 1. The van der Waals surface area contributed by atoms with Crippen molar-refractivity contribution in [2.75, 3.05) is 6.54 Å². The normalized spacial score (nSPS) is 10.9. The Morgan fingerprint density at radius 2 is 2.37 bits per heavy atom. The van der Waals surface area contributed by atoms with Crippen molar-refractivity contribution in [3.8, 4) is 10.6 Å². The van der Waals surface area contributed by atoms with Crippen LogP contribution in [0.1, 0.15) is 11.3 Å². The van der Waals surface area contributed by atoms with E-state index in [0.717, 1.165) is 30.9 Å². The molecular weight excluding hydrogens is 276 g/mol. The summed E-state index contributed by atoms with van der Waals surface area (Å²) in [5.74, 6) is 0. The fraction of sp³-hybridized carbons (Fsp3) is 0.231. The highest BCUT2D eigenvalue weighted by Gasteiger charge is 2.07. The minimum atomic E-state index is 0.827. The van der Waals surface area contributed by atoms with E-state index in [9.17, 15) is 0 Å². The van der Waals surface area contributed by atoms with Crippen LogP contribution < -0.4 is 5.32 Å². The van der Waals surface area contributed by atoms with Crippen molar-refractivity contribution >= 4 is 22.7 Å². The van der Waals surface area contributed by atoms with E-state index in [4.69, 9.17) is 0 Å². The number of thiophene rings is 1. The van der Waals surface area contributed by atoms with Crippen molar-refractivity contribution in [3.05, 3.63) is 45.9 Å². The SMILES string of the molecule is c1csc(-c2[nH]ncc2CNCCc2cscn2)c1. The van der Waals surface area contributed by atoms with E-state index >= 15 is 0 Å². The van der Waals surface area contributed by atoms with Crippen LogP contribution >= 0.6 is 22.7 Å². The summed E-state index contributed by atoms with van der Waals surface area (Å²) in [7, 11) is 0. The molecule has 0 bridgehead atoms. The zero-order chi connectivity index (χ0) is 12.9. The van der Waals surface area contributed by atoms with Crippen LogP contribution in [0.2, 0.25) is 0 Å². The van der Waals surface area contributed by atoms with Gasteiger partial charge in [0.05, 0.1) is 28.0 Å². The average Bonchev–Trinajstić information content (AvgIpc) is 3.15. The Kier molecular flexibility index (Phi) is 4.02. The molecule has 0 aromatic carbocycles. The van der Waals surface area contributed by atoms with Gasteiger partial charge >= 0.3 is 0 Å². The number of hydrogen-bond donors (Lipinski definition) is 2. The number of hydrogen-bond acceptors (Lipinski definition) is 5. The molecule has 0 fully saturated rings. The van der Waals surface area contributed by atoms with Crippen LogP contribution in [0.5, 0.6) is 0 Å². The van der Waals surface area contributed by atoms with E-state index in [0.29, 0.717) is 0 Å². The van der Waals surface area contributed by atoms with Gasteiger partial charge < -0.3 is 5.32 Å². The van der Waals surface area contributed by atoms with Gasteiger partial charge in [0.15, 0.2) is 0 Å². The van der Waals surface area contributed by atoms with Crippen molar-refractivity contribution in [1.82, 2.24) is 20.5 Å². The molecule has 3 aromatic heterocycles. The van der Waals surface area contributed by atoms with Gasteiger partial charge in [-0.25, -0.2) is 4.98 Å². The molecule has 3 heterocycles. The topological polar surface area (TPSA) is 53.6 Å². The quantitative estimate of drug-likeness (QED) is 0.686. The Labute approximate surface area is 119 Å². The van der Waals surface area contributed by atoms with Gasteiger partial charge in [0, 0.05) is 30.5 Å². The van der Waals surface area contributed by atoms with Crippen molar-refractivity contribution in [2.45, 2.75) is 13.0 Å². The van der Waals surface area contributed by atoms with Crippen molar-refractivity contribution in [2.24, 2.45) is 0 Å². The Bertz CT molecular complexity index is 598. The minimum absolute atomic E-state index is 0.827. The van der Waals surface area contributed by atoms with Crippen LogP contribution in [0.25, 0.3) is 10.6 Å². The summed E-state index contributed by atoms with van der Waals surface area (Å²) in [5.41, 5.74) is 5.36. The standard InChI is InChI=1S/C13H14N4S2/c1-2-12(19-5-1)13-10(7-16-17-13)6-14-4-3-11-8-18-9-15-11/h1-2,5,7-9,14H,3-4,6H2,(H,16,17). The zero-order valence-electron chi connectivity index (χ0n) is 10.3. The molecule has 19 heavy (non-hydrogen) atoms. The lowest BCUT2D eigenvalue weighted by atomic mass is 10.2. The summed E-state index contributed by atoms with van der Waals surface area (Å²) < 4.78 is 0. The Morgan fingerprint density at radius 3 is 3.16 bits per heavy atom. The number of nitrogens with zero attached hydrogens (tertiary/aromatic N) is 2. The predicted octanol–water partition coefficient (Wildman–Crippen LogP) is 2.93. The summed E-state index contributed by atoms with van der Waals surface area (Å²) in [4.78, 5) is 5.50. The second-order valence-electron chi connectivity index (χ2n) is 4.15. The molecule has 0 aliphatic heterocycles. The molecule has 0 saturated carbocycles.